The Morgan fingerprint density at radius 1 is 1.44 bits per heavy atom. The molecular formula is C17H26BrFIN3O2. The third-order valence-electron chi connectivity index (χ3n) is 4.21. The molecule has 1 aliphatic rings. The molecule has 2 rings (SSSR count). The highest BCUT2D eigenvalue weighted by Crippen LogP contribution is 2.31. The second-order valence-corrected chi connectivity index (χ2v) is 6.93. The minimum Gasteiger partial charge on any atom is -0.396 e. The highest BCUT2D eigenvalue weighted by molar-refractivity contribution is 14.0. The Hall–Kier alpha value is -0.450. The SMILES string of the molecule is CCNC(=NCc1ccc(Br)c(F)c1)NCC1(CCO)CCOC1.I. The fourth-order valence-electron chi connectivity index (χ4n) is 2.73. The summed E-state index contributed by atoms with van der Waals surface area (Å²) >= 11 is 3.15. The van der Waals surface area contributed by atoms with Crippen LogP contribution >= 0.6 is 39.9 Å². The topological polar surface area (TPSA) is 65.9 Å². The average molecular weight is 530 g/mol. The molecule has 0 aromatic heterocycles. The van der Waals surface area contributed by atoms with Crippen LogP contribution in [0.4, 0.5) is 4.39 Å². The third kappa shape index (κ3) is 6.99. The van der Waals surface area contributed by atoms with Crippen LogP contribution in [0.3, 0.4) is 0 Å². The van der Waals surface area contributed by atoms with Gasteiger partial charge in [0, 0.05) is 31.7 Å². The van der Waals surface area contributed by atoms with E-state index >= 15 is 0 Å². The second kappa shape index (κ2) is 11.3. The average Bonchev–Trinajstić information content (AvgIpc) is 3.02. The molecule has 25 heavy (non-hydrogen) atoms. The smallest absolute Gasteiger partial charge is 0.191 e. The molecule has 0 radical (unpaired) electrons. The molecule has 1 saturated heterocycles. The van der Waals surface area contributed by atoms with Gasteiger partial charge in [0.05, 0.1) is 17.6 Å². The van der Waals surface area contributed by atoms with Gasteiger partial charge in [-0.1, -0.05) is 6.07 Å². The van der Waals surface area contributed by atoms with E-state index in [1.807, 2.05) is 13.0 Å². The first kappa shape index (κ1) is 22.6. The summed E-state index contributed by atoms with van der Waals surface area (Å²) in [7, 11) is 0. The van der Waals surface area contributed by atoms with E-state index in [0.717, 1.165) is 25.1 Å². The van der Waals surface area contributed by atoms with Crippen LogP contribution in [0.2, 0.25) is 0 Å². The van der Waals surface area contributed by atoms with Crippen molar-refractivity contribution in [1.29, 1.82) is 0 Å². The van der Waals surface area contributed by atoms with E-state index in [4.69, 9.17) is 4.74 Å². The van der Waals surface area contributed by atoms with Gasteiger partial charge in [0.1, 0.15) is 5.82 Å². The van der Waals surface area contributed by atoms with E-state index in [-0.39, 0.29) is 41.8 Å². The van der Waals surface area contributed by atoms with Crippen LogP contribution in [0.5, 0.6) is 0 Å². The number of rotatable bonds is 7. The lowest BCUT2D eigenvalue weighted by Gasteiger charge is -2.27. The van der Waals surface area contributed by atoms with Crippen LogP contribution in [0.15, 0.2) is 27.7 Å². The molecule has 1 aromatic carbocycles. The zero-order valence-corrected chi connectivity index (χ0v) is 18.3. The van der Waals surface area contributed by atoms with E-state index in [9.17, 15) is 9.50 Å². The zero-order chi connectivity index (χ0) is 17.4. The van der Waals surface area contributed by atoms with Gasteiger partial charge in [-0.15, -0.1) is 24.0 Å². The van der Waals surface area contributed by atoms with Gasteiger partial charge in [-0.05, 0) is 53.4 Å². The lowest BCUT2D eigenvalue weighted by atomic mass is 9.84. The standard InChI is InChI=1S/C17H25BrFN3O2.HI/c1-2-20-16(21-10-13-3-4-14(18)15(19)9-13)22-11-17(5-7-23)6-8-24-12-17;/h3-4,9,23H,2,5-8,10-12H2,1H3,(H2,20,21,22);1H. The fourth-order valence-corrected chi connectivity index (χ4v) is 2.98. The molecule has 8 heteroatoms. The van der Waals surface area contributed by atoms with Crippen molar-refractivity contribution in [2.24, 2.45) is 10.4 Å². The van der Waals surface area contributed by atoms with Gasteiger partial charge in [-0.3, -0.25) is 0 Å². The Bertz CT molecular complexity index is 569. The monoisotopic (exact) mass is 529 g/mol. The summed E-state index contributed by atoms with van der Waals surface area (Å²) in [6, 6.07) is 5.01. The molecule has 1 atom stereocenters. The fraction of sp³-hybridized carbons (Fsp3) is 0.588. The second-order valence-electron chi connectivity index (χ2n) is 6.07. The Kier molecular flexibility index (Phi) is 10.2. The Labute approximate surface area is 174 Å². The zero-order valence-electron chi connectivity index (χ0n) is 14.4. The molecule has 3 N–H and O–H groups in total. The van der Waals surface area contributed by atoms with Gasteiger partial charge in [0.2, 0.25) is 0 Å². The van der Waals surface area contributed by atoms with Crippen LogP contribution in [0.25, 0.3) is 0 Å². The summed E-state index contributed by atoms with van der Waals surface area (Å²) in [6.45, 7) is 5.35. The van der Waals surface area contributed by atoms with Crippen molar-refractivity contribution in [3.8, 4) is 0 Å². The molecule has 0 saturated carbocycles. The Balaban J connectivity index is 0.00000312. The minimum atomic E-state index is -0.286. The van der Waals surface area contributed by atoms with E-state index in [0.29, 0.717) is 36.5 Å². The van der Waals surface area contributed by atoms with Gasteiger partial charge >= 0.3 is 0 Å². The lowest BCUT2D eigenvalue weighted by Crippen LogP contribution is -2.44. The molecule has 0 aliphatic carbocycles. The number of aliphatic hydroxyl groups is 1. The summed E-state index contributed by atoms with van der Waals surface area (Å²) in [5.41, 5.74) is 0.761. The molecule has 0 amide bonds. The summed E-state index contributed by atoms with van der Waals surface area (Å²) in [5.74, 6) is 0.399. The van der Waals surface area contributed by atoms with Crippen molar-refractivity contribution in [3.63, 3.8) is 0 Å². The molecule has 142 valence electrons. The molecule has 1 aromatic rings. The number of ether oxygens (including phenoxy) is 1. The molecule has 1 fully saturated rings. The van der Waals surface area contributed by atoms with Gasteiger partial charge in [-0.2, -0.15) is 0 Å². The quantitative estimate of drug-likeness (QED) is 0.288. The van der Waals surface area contributed by atoms with Gasteiger partial charge in [0.25, 0.3) is 0 Å². The third-order valence-corrected chi connectivity index (χ3v) is 4.85. The molecule has 1 heterocycles. The number of aliphatic imine (C=N–C) groups is 1. The van der Waals surface area contributed by atoms with Gasteiger partial charge in [0.15, 0.2) is 5.96 Å². The largest absolute Gasteiger partial charge is 0.396 e. The predicted octanol–water partition coefficient (Wildman–Crippen LogP) is 3.05. The number of halogens is 3. The molecule has 1 aliphatic heterocycles. The van der Waals surface area contributed by atoms with E-state index in [1.54, 1.807) is 6.07 Å². The number of hydrogen-bond donors (Lipinski definition) is 3. The maximum Gasteiger partial charge on any atom is 0.191 e. The number of benzene rings is 1. The maximum atomic E-state index is 13.6. The van der Waals surface area contributed by atoms with Crippen molar-refractivity contribution >= 4 is 45.9 Å². The van der Waals surface area contributed by atoms with Crippen LogP contribution in [0, 0.1) is 11.2 Å². The van der Waals surface area contributed by atoms with E-state index < -0.39 is 0 Å². The maximum absolute atomic E-state index is 13.6. The number of nitrogens with one attached hydrogen (secondary N) is 2. The minimum absolute atomic E-state index is 0. The lowest BCUT2D eigenvalue weighted by molar-refractivity contribution is 0.127. The summed E-state index contributed by atoms with van der Waals surface area (Å²) in [4.78, 5) is 4.52. The van der Waals surface area contributed by atoms with Crippen molar-refractivity contribution < 1.29 is 14.2 Å². The number of guanidine groups is 1. The first-order valence-electron chi connectivity index (χ1n) is 8.23. The van der Waals surface area contributed by atoms with Crippen LogP contribution in [-0.4, -0.2) is 44.0 Å². The molecule has 0 bridgehead atoms. The molecule has 0 spiro atoms. The van der Waals surface area contributed by atoms with Gasteiger partial charge < -0.3 is 20.5 Å². The van der Waals surface area contributed by atoms with Crippen molar-refractivity contribution in [2.75, 3.05) is 32.9 Å². The summed E-state index contributed by atoms with van der Waals surface area (Å²) in [5, 5.41) is 15.8. The first-order valence-corrected chi connectivity index (χ1v) is 9.02. The normalized spacial score (nSPS) is 20.2. The van der Waals surface area contributed by atoms with Gasteiger partial charge in [-0.25, -0.2) is 9.38 Å². The highest BCUT2D eigenvalue weighted by Gasteiger charge is 2.34. The predicted molar refractivity (Wildman–Crippen MR) is 112 cm³/mol. The van der Waals surface area contributed by atoms with Crippen molar-refractivity contribution in [2.45, 2.75) is 26.3 Å². The summed E-state index contributed by atoms with van der Waals surface area (Å²) < 4.78 is 19.5. The Morgan fingerprint density at radius 2 is 2.24 bits per heavy atom. The first-order chi connectivity index (χ1) is 11.6. The number of aliphatic hydroxyl groups excluding tert-OH is 1. The van der Waals surface area contributed by atoms with Crippen LogP contribution in [0.1, 0.15) is 25.3 Å². The Morgan fingerprint density at radius 3 is 2.84 bits per heavy atom. The van der Waals surface area contributed by atoms with Crippen LogP contribution < -0.4 is 10.6 Å². The van der Waals surface area contributed by atoms with Crippen molar-refractivity contribution in [3.05, 3.63) is 34.1 Å². The highest BCUT2D eigenvalue weighted by atomic mass is 127. The molecule has 5 nitrogen and oxygen atoms in total. The van der Waals surface area contributed by atoms with E-state index in [1.165, 1.54) is 6.07 Å². The van der Waals surface area contributed by atoms with Crippen molar-refractivity contribution in [1.82, 2.24) is 10.6 Å². The van der Waals surface area contributed by atoms with Crippen LogP contribution in [-0.2, 0) is 11.3 Å². The number of nitrogens with zero attached hydrogens (tertiary/aromatic N) is 1. The molecule has 1 unspecified atom stereocenters. The van der Waals surface area contributed by atoms with E-state index in [2.05, 4.69) is 31.6 Å². The molecular weight excluding hydrogens is 504 g/mol. The summed E-state index contributed by atoms with van der Waals surface area (Å²) in [6.07, 6.45) is 1.63. The number of hydrogen-bond acceptors (Lipinski definition) is 3.